The van der Waals surface area contributed by atoms with Crippen LogP contribution in [0.25, 0.3) is 0 Å². The first-order chi connectivity index (χ1) is 10.6. The number of aliphatic hydroxyl groups is 1. The molecule has 0 aliphatic rings. The van der Waals surface area contributed by atoms with Gasteiger partial charge in [-0.1, -0.05) is 64.5 Å². The van der Waals surface area contributed by atoms with Crippen molar-refractivity contribution in [1.82, 2.24) is 0 Å². The quantitative estimate of drug-likeness (QED) is 0.317. The van der Waals surface area contributed by atoms with E-state index in [-0.39, 0.29) is 12.0 Å². The molecule has 2 atom stereocenters. The first-order valence-corrected chi connectivity index (χ1v) is 9.13. The van der Waals surface area contributed by atoms with Crippen molar-refractivity contribution in [3.8, 4) is 0 Å². The lowest BCUT2D eigenvalue weighted by molar-refractivity contribution is -0.141. The van der Waals surface area contributed by atoms with E-state index in [2.05, 4.69) is 19.1 Å². The van der Waals surface area contributed by atoms with Crippen LogP contribution in [0.5, 0.6) is 0 Å². The van der Waals surface area contributed by atoms with Crippen LogP contribution in [0.15, 0.2) is 12.2 Å². The predicted octanol–water partition coefficient (Wildman–Crippen LogP) is 5.33. The smallest absolute Gasteiger partial charge is 0.306 e. The maximum atomic E-state index is 10.7. The van der Waals surface area contributed by atoms with Gasteiger partial charge in [0.1, 0.15) is 0 Å². The van der Waals surface area contributed by atoms with Crippen LogP contribution in [0, 0.1) is 5.92 Å². The van der Waals surface area contributed by atoms with Crippen molar-refractivity contribution in [3.63, 3.8) is 0 Å². The van der Waals surface area contributed by atoms with E-state index < -0.39 is 5.97 Å². The molecule has 22 heavy (non-hydrogen) atoms. The van der Waals surface area contributed by atoms with Crippen LogP contribution in [0.1, 0.15) is 90.9 Å². The average Bonchev–Trinajstić information content (AvgIpc) is 2.49. The van der Waals surface area contributed by atoms with Gasteiger partial charge in [-0.05, 0) is 38.5 Å². The molecule has 0 aliphatic carbocycles. The SMILES string of the molecule is CCCCCC=CCCC(O)CCCCCCC(C)C(=O)O. The first-order valence-electron chi connectivity index (χ1n) is 9.13. The molecule has 0 aromatic heterocycles. The molecule has 0 radical (unpaired) electrons. The standard InChI is InChI=1S/C19H36O3/c1-3-4-5-6-7-8-12-15-18(20)16-13-10-9-11-14-17(2)19(21)22/h7-8,17-18,20H,3-6,9-16H2,1-2H3,(H,21,22). The number of carboxylic acid groups (broad SMARTS) is 1. The minimum Gasteiger partial charge on any atom is -0.481 e. The Kier molecular flexibility index (Phi) is 14.5. The summed E-state index contributed by atoms with van der Waals surface area (Å²) < 4.78 is 0. The zero-order chi connectivity index (χ0) is 16.6. The van der Waals surface area contributed by atoms with E-state index in [1.54, 1.807) is 6.92 Å². The molecule has 0 saturated heterocycles. The number of rotatable bonds is 15. The molecular weight excluding hydrogens is 276 g/mol. The zero-order valence-electron chi connectivity index (χ0n) is 14.6. The van der Waals surface area contributed by atoms with Gasteiger partial charge in [-0.3, -0.25) is 4.79 Å². The predicted molar refractivity (Wildman–Crippen MR) is 93.0 cm³/mol. The number of hydrogen-bond donors (Lipinski definition) is 2. The van der Waals surface area contributed by atoms with Crippen LogP contribution in [-0.2, 0) is 4.79 Å². The monoisotopic (exact) mass is 312 g/mol. The van der Waals surface area contributed by atoms with Gasteiger partial charge in [0, 0.05) is 0 Å². The van der Waals surface area contributed by atoms with Crippen LogP contribution >= 0.6 is 0 Å². The van der Waals surface area contributed by atoms with Gasteiger partial charge in [0.2, 0.25) is 0 Å². The van der Waals surface area contributed by atoms with Crippen molar-refractivity contribution in [2.24, 2.45) is 5.92 Å². The van der Waals surface area contributed by atoms with Crippen molar-refractivity contribution < 1.29 is 15.0 Å². The zero-order valence-corrected chi connectivity index (χ0v) is 14.6. The van der Waals surface area contributed by atoms with E-state index in [1.807, 2.05) is 0 Å². The van der Waals surface area contributed by atoms with Crippen molar-refractivity contribution in [2.75, 3.05) is 0 Å². The Morgan fingerprint density at radius 3 is 2.18 bits per heavy atom. The van der Waals surface area contributed by atoms with Crippen molar-refractivity contribution in [3.05, 3.63) is 12.2 Å². The molecule has 130 valence electrons. The molecule has 0 aromatic rings. The molecule has 0 amide bonds. The second kappa shape index (κ2) is 15.1. The molecule has 0 fully saturated rings. The lowest BCUT2D eigenvalue weighted by Crippen LogP contribution is -2.09. The van der Waals surface area contributed by atoms with E-state index in [0.717, 1.165) is 51.4 Å². The van der Waals surface area contributed by atoms with E-state index in [1.165, 1.54) is 25.7 Å². The highest BCUT2D eigenvalue weighted by Gasteiger charge is 2.09. The van der Waals surface area contributed by atoms with Gasteiger partial charge in [0.15, 0.2) is 0 Å². The van der Waals surface area contributed by atoms with Crippen molar-refractivity contribution >= 4 is 5.97 Å². The number of aliphatic hydroxyl groups excluding tert-OH is 1. The third kappa shape index (κ3) is 14.1. The Morgan fingerprint density at radius 1 is 0.909 bits per heavy atom. The van der Waals surface area contributed by atoms with Gasteiger partial charge < -0.3 is 10.2 Å². The third-order valence-electron chi connectivity index (χ3n) is 4.15. The van der Waals surface area contributed by atoms with E-state index >= 15 is 0 Å². The first kappa shape index (κ1) is 21.2. The van der Waals surface area contributed by atoms with Crippen molar-refractivity contribution in [1.29, 1.82) is 0 Å². The molecule has 2 N–H and O–H groups in total. The molecule has 3 nitrogen and oxygen atoms in total. The number of allylic oxidation sites excluding steroid dienone is 2. The highest BCUT2D eigenvalue weighted by molar-refractivity contribution is 5.69. The maximum Gasteiger partial charge on any atom is 0.306 e. The Balaban J connectivity index is 3.35. The molecular formula is C19H36O3. The van der Waals surface area contributed by atoms with Crippen LogP contribution in [0.3, 0.4) is 0 Å². The fourth-order valence-electron chi connectivity index (χ4n) is 2.49. The van der Waals surface area contributed by atoms with E-state index in [0.29, 0.717) is 0 Å². The molecule has 3 heteroatoms. The number of unbranched alkanes of at least 4 members (excludes halogenated alkanes) is 6. The lowest BCUT2D eigenvalue weighted by atomic mass is 10.0. The van der Waals surface area contributed by atoms with Gasteiger partial charge in [-0.2, -0.15) is 0 Å². The van der Waals surface area contributed by atoms with Crippen LogP contribution in [0.4, 0.5) is 0 Å². The maximum absolute atomic E-state index is 10.7. The summed E-state index contributed by atoms with van der Waals surface area (Å²) in [5, 5.41) is 18.7. The van der Waals surface area contributed by atoms with Crippen molar-refractivity contribution in [2.45, 2.75) is 97.0 Å². The summed E-state index contributed by atoms with van der Waals surface area (Å²) in [7, 11) is 0. The fourth-order valence-corrected chi connectivity index (χ4v) is 2.49. The number of carbonyl (C=O) groups is 1. The average molecular weight is 312 g/mol. The molecule has 2 unspecified atom stereocenters. The van der Waals surface area contributed by atoms with E-state index in [9.17, 15) is 9.90 Å². The highest BCUT2D eigenvalue weighted by Crippen LogP contribution is 2.14. The molecule has 0 aliphatic heterocycles. The Hall–Kier alpha value is -0.830. The molecule has 0 heterocycles. The normalized spacial score (nSPS) is 14.3. The number of carboxylic acids is 1. The second-order valence-electron chi connectivity index (χ2n) is 6.43. The Bertz CT molecular complexity index is 286. The fraction of sp³-hybridized carbons (Fsp3) is 0.842. The molecule has 0 bridgehead atoms. The molecule has 0 spiro atoms. The minimum atomic E-state index is -0.696. The number of hydrogen-bond acceptors (Lipinski definition) is 2. The van der Waals surface area contributed by atoms with Crippen LogP contribution < -0.4 is 0 Å². The highest BCUT2D eigenvalue weighted by atomic mass is 16.4. The largest absolute Gasteiger partial charge is 0.481 e. The molecule has 0 saturated carbocycles. The lowest BCUT2D eigenvalue weighted by Gasteiger charge is -2.09. The minimum absolute atomic E-state index is 0.182. The summed E-state index contributed by atoms with van der Waals surface area (Å²) in [5.41, 5.74) is 0. The van der Waals surface area contributed by atoms with E-state index in [4.69, 9.17) is 5.11 Å². The topological polar surface area (TPSA) is 57.5 Å². The van der Waals surface area contributed by atoms with Gasteiger partial charge in [-0.15, -0.1) is 0 Å². The second-order valence-corrected chi connectivity index (χ2v) is 6.43. The van der Waals surface area contributed by atoms with Gasteiger partial charge in [0.05, 0.1) is 12.0 Å². The summed E-state index contributed by atoms with van der Waals surface area (Å²) in [5.74, 6) is -0.923. The summed E-state index contributed by atoms with van der Waals surface area (Å²) in [6.45, 7) is 3.98. The Labute approximate surface area is 136 Å². The summed E-state index contributed by atoms with van der Waals surface area (Å²) in [6.07, 6.45) is 16.9. The molecule has 0 rings (SSSR count). The Morgan fingerprint density at radius 2 is 1.55 bits per heavy atom. The van der Waals surface area contributed by atoms with Gasteiger partial charge in [0.25, 0.3) is 0 Å². The van der Waals surface area contributed by atoms with Gasteiger partial charge in [-0.25, -0.2) is 0 Å². The summed E-state index contributed by atoms with van der Waals surface area (Å²) in [4.78, 5) is 10.7. The van der Waals surface area contributed by atoms with Gasteiger partial charge >= 0.3 is 5.97 Å². The summed E-state index contributed by atoms with van der Waals surface area (Å²) >= 11 is 0. The summed E-state index contributed by atoms with van der Waals surface area (Å²) in [6, 6.07) is 0. The number of aliphatic carboxylic acids is 1. The third-order valence-corrected chi connectivity index (χ3v) is 4.15. The van der Waals surface area contributed by atoms with Crippen LogP contribution in [-0.4, -0.2) is 22.3 Å². The van der Waals surface area contributed by atoms with Crippen LogP contribution in [0.2, 0.25) is 0 Å². The molecule has 0 aromatic carbocycles.